The van der Waals surface area contributed by atoms with Gasteiger partial charge in [0.05, 0.1) is 6.61 Å². The zero-order valence-corrected chi connectivity index (χ0v) is 18.7. The normalized spacial score (nSPS) is 10.3. The second-order valence-corrected chi connectivity index (χ2v) is 7.37. The van der Waals surface area contributed by atoms with Crippen LogP contribution >= 0.6 is 0 Å². The number of hydrogen-bond acceptors (Lipinski definition) is 5. The maximum absolute atomic E-state index is 13.2. The molecule has 0 aliphatic rings. The first-order chi connectivity index (χ1) is 16.4. The van der Waals surface area contributed by atoms with Crippen LogP contribution in [0.25, 0.3) is 0 Å². The molecule has 0 fully saturated rings. The van der Waals surface area contributed by atoms with Crippen LogP contribution < -0.4 is 15.4 Å². The summed E-state index contributed by atoms with van der Waals surface area (Å²) in [6, 6.07) is 19.4. The number of carbonyl (C=O) groups excluding carboxylic acids is 3. The molecule has 2 N–H and O–H groups in total. The molecule has 3 rings (SSSR count). The molecule has 3 aromatic rings. The summed E-state index contributed by atoms with van der Waals surface area (Å²) >= 11 is 0. The SMILES string of the molecule is CCOC(=O)Oc1ccc(C(=O)Nc2ccc(CNC(=O)CCc3cccc(F)c3)cc2)cc1. The highest BCUT2D eigenvalue weighted by atomic mass is 19.1. The van der Waals surface area contributed by atoms with Gasteiger partial charge in [0.2, 0.25) is 5.91 Å². The summed E-state index contributed by atoms with van der Waals surface area (Å²) in [5.74, 6) is -0.486. The van der Waals surface area contributed by atoms with E-state index < -0.39 is 6.16 Å². The standard InChI is InChI=1S/C26H25FN2O5/c1-2-33-26(32)34-23-13-9-20(10-14-23)25(31)29-22-11-6-19(7-12-22)17-28-24(30)15-8-18-4-3-5-21(27)16-18/h3-7,9-14,16H,2,8,15,17H2,1H3,(H,28,30)(H,29,31). The number of ether oxygens (including phenoxy) is 2. The van der Waals surface area contributed by atoms with E-state index in [4.69, 9.17) is 9.47 Å². The molecule has 7 nitrogen and oxygen atoms in total. The minimum Gasteiger partial charge on any atom is -0.434 e. The summed E-state index contributed by atoms with van der Waals surface area (Å²) in [5, 5.41) is 5.62. The third kappa shape index (κ3) is 7.74. The van der Waals surface area contributed by atoms with Crippen molar-refractivity contribution in [1.29, 1.82) is 0 Å². The van der Waals surface area contributed by atoms with Crippen molar-refractivity contribution in [2.45, 2.75) is 26.3 Å². The van der Waals surface area contributed by atoms with E-state index in [-0.39, 0.29) is 36.4 Å². The highest BCUT2D eigenvalue weighted by Gasteiger charge is 2.09. The van der Waals surface area contributed by atoms with Crippen LogP contribution in [0.15, 0.2) is 72.8 Å². The molecule has 0 unspecified atom stereocenters. The molecule has 0 aromatic heterocycles. The van der Waals surface area contributed by atoms with Gasteiger partial charge in [-0.2, -0.15) is 0 Å². The number of hydrogen-bond donors (Lipinski definition) is 2. The number of benzene rings is 3. The number of amides is 2. The lowest BCUT2D eigenvalue weighted by atomic mass is 10.1. The molecule has 176 valence electrons. The Labute approximate surface area is 196 Å². The average Bonchev–Trinajstić information content (AvgIpc) is 2.83. The Hall–Kier alpha value is -4.20. The van der Waals surface area contributed by atoms with Crippen LogP contribution in [0.3, 0.4) is 0 Å². The summed E-state index contributed by atoms with van der Waals surface area (Å²) in [4.78, 5) is 35.8. The smallest absolute Gasteiger partial charge is 0.434 e. The van der Waals surface area contributed by atoms with Crippen molar-refractivity contribution in [3.8, 4) is 5.75 Å². The Bertz CT molecular complexity index is 1130. The molecule has 2 amide bonds. The van der Waals surface area contributed by atoms with Crippen LogP contribution in [0.5, 0.6) is 5.75 Å². The van der Waals surface area contributed by atoms with E-state index in [2.05, 4.69) is 10.6 Å². The van der Waals surface area contributed by atoms with E-state index in [1.54, 1.807) is 43.3 Å². The van der Waals surface area contributed by atoms with Gasteiger partial charge in [-0.1, -0.05) is 24.3 Å². The molecule has 0 saturated carbocycles. The van der Waals surface area contributed by atoms with Crippen molar-refractivity contribution in [3.05, 3.63) is 95.3 Å². The number of halogens is 1. The zero-order valence-electron chi connectivity index (χ0n) is 18.7. The predicted octanol–water partition coefficient (Wildman–Crippen LogP) is 4.86. The number of aryl methyl sites for hydroxylation is 1. The molecule has 8 heteroatoms. The van der Waals surface area contributed by atoms with E-state index in [0.29, 0.717) is 24.2 Å². The monoisotopic (exact) mass is 464 g/mol. The lowest BCUT2D eigenvalue weighted by Gasteiger charge is -2.09. The first kappa shape index (κ1) is 24.4. The number of carbonyl (C=O) groups is 3. The second-order valence-electron chi connectivity index (χ2n) is 7.37. The molecule has 0 radical (unpaired) electrons. The average molecular weight is 464 g/mol. The third-order valence-corrected chi connectivity index (χ3v) is 4.81. The van der Waals surface area contributed by atoms with E-state index in [1.807, 2.05) is 0 Å². The van der Waals surface area contributed by atoms with Gasteiger partial charge in [0.25, 0.3) is 5.91 Å². The highest BCUT2D eigenvalue weighted by molar-refractivity contribution is 6.04. The second kappa shape index (κ2) is 12.2. The quantitative estimate of drug-likeness (QED) is 0.348. The van der Waals surface area contributed by atoms with Gasteiger partial charge in [-0.3, -0.25) is 9.59 Å². The van der Waals surface area contributed by atoms with Gasteiger partial charge < -0.3 is 20.1 Å². The molecule has 0 bridgehead atoms. The fraction of sp³-hybridized carbons (Fsp3) is 0.192. The molecule has 3 aromatic carbocycles. The Morgan fingerprint density at radius 1 is 0.912 bits per heavy atom. The number of anilines is 1. The molecular formula is C26H25FN2O5. The molecule has 34 heavy (non-hydrogen) atoms. The fourth-order valence-electron chi connectivity index (χ4n) is 3.07. The summed E-state index contributed by atoms with van der Waals surface area (Å²) in [6.07, 6.45) is -0.0753. The lowest BCUT2D eigenvalue weighted by Crippen LogP contribution is -2.23. The molecular weight excluding hydrogens is 439 g/mol. The van der Waals surface area contributed by atoms with Crippen LogP contribution in [-0.2, 0) is 22.5 Å². The minimum absolute atomic E-state index is 0.128. The Balaban J connectivity index is 1.44. The highest BCUT2D eigenvalue weighted by Crippen LogP contribution is 2.16. The maximum atomic E-state index is 13.2. The van der Waals surface area contributed by atoms with Crippen molar-refractivity contribution in [2.24, 2.45) is 0 Å². The maximum Gasteiger partial charge on any atom is 0.513 e. The molecule has 0 spiro atoms. The summed E-state index contributed by atoms with van der Waals surface area (Å²) < 4.78 is 22.9. The van der Waals surface area contributed by atoms with E-state index in [0.717, 1.165) is 11.1 Å². The summed E-state index contributed by atoms with van der Waals surface area (Å²) in [5.41, 5.74) is 2.64. The molecule has 0 atom stereocenters. The van der Waals surface area contributed by atoms with Crippen LogP contribution in [-0.4, -0.2) is 24.6 Å². The zero-order chi connectivity index (χ0) is 24.3. The van der Waals surface area contributed by atoms with Crippen molar-refractivity contribution >= 4 is 23.7 Å². The van der Waals surface area contributed by atoms with Crippen LogP contribution in [0, 0.1) is 5.82 Å². The molecule has 0 saturated heterocycles. The van der Waals surface area contributed by atoms with Gasteiger partial charge in [-0.15, -0.1) is 0 Å². The topological polar surface area (TPSA) is 93.7 Å². The van der Waals surface area contributed by atoms with Gasteiger partial charge >= 0.3 is 6.16 Å². The van der Waals surface area contributed by atoms with Crippen molar-refractivity contribution in [2.75, 3.05) is 11.9 Å². The molecule has 0 aliphatic heterocycles. The fourth-order valence-corrected chi connectivity index (χ4v) is 3.07. The van der Waals surface area contributed by atoms with Gasteiger partial charge in [-0.25, -0.2) is 9.18 Å². The van der Waals surface area contributed by atoms with E-state index in [9.17, 15) is 18.8 Å². The van der Waals surface area contributed by atoms with Gasteiger partial charge in [-0.05, 0) is 73.0 Å². The first-order valence-corrected chi connectivity index (χ1v) is 10.8. The molecule has 0 heterocycles. The Morgan fingerprint density at radius 3 is 2.32 bits per heavy atom. The van der Waals surface area contributed by atoms with Crippen molar-refractivity contribution < 1.29 is 28.2 Å². The van der Waals surface area contributed by atoms with Crippen molar-refractivity contribution in [3.63, 3.8) is 0 Å². The van der Waals surface area contributed by atoms with Crippen LogP contribution in [0.1, 0.15) is 34.8 Å². The van der Waals surface area contributed by atoms with Gasteiger partial charge in [0.1, 0.15) is 11.6 Å². The first-order valence-electron chi connectivity index (χ1n) is 10.8. The lowest BCUT2D eigenvalue weighted by molar-refractivity contribution is -0.121. The van der Waals surface area contributed by atoms with Crippen LogP contribution in [0.4, 0.5) is 14.9 Å². The summed E-state index contributed by atoms with van der Waals surface area (Å²) in [6.45, 7) is 2.23. The minimum atomic E-state index is -0.803. The summed E-state index contributed by atoms with van der Waals surface area (Å²) in [7, 11) is 0. The Kier molecular flexibility index (Phi) is 8.73. The van der Waals surface area contributed by atoms with Gasteiger partial charge in [0.15, 0.2) is 0 Å². The molecule has 0 aliphatic carbocycles. The van der Waals surface area contributed by atoms with Crippen LogP contribution in [0.2, 0.25) is 0 Å². The largest absolute Gasteiger partial charge is 0.513 e. The Morgan fingerprint density at radius 2 is 1.65 bits per heavy atom. The van der Waals surface area contributed by atoms with E-state index in [1.165, 1.54) is 36.4 Å². The van der Waals surface area contributed by atoms with E-state index >= 15 is 0 Å². The van der Waals surface area contributed by atoms with Crippen molar-refractivity contribution in [1.82, 2.24) is 5.32 Å². The predicted molar refractivity (Wildman–Crippen MR) is 125 cm³/mol. The number of nitrogens with one attached hydrogen (secondary N) is 2. The number of rotatable bonds is 9. The van der Waals surface area contributed by atoms with Gasteiger partial charge in [0, 0.05) is 24.2 Å². The third-order valence-electron chi connectivity index (χ3n) is 4.81.